The van der Waals surface area contributed by atoms with E-state index in [4.69, 9.17) is 4.74 Å². The molecule has 0 aliphatic carbocycles. The van der Waals surface area contributed by atoms with Crippen LogP contribution < -0.4 is 10.1 Å². The Morgan fingerprint density at radius 3 is 2.77 bits per heavy atom. The molecule has 1 N–H and O–H groups in total. The predicted molar refractivity (Wildman–Crippen MR) is 126 cm³/mol. The first-order valence-electron chi connectivity index (χ1n) is 10.3. The molecule has 0 aliphatic rings. The Bertz CT molecular complexity index is 1060. The number of aryl methyl sites for hydroxylation is 3. The Labute approximate surface area is 187 Å². The molecule has 0 saturated heterocycles. The average molecular weight is 437 g/mol. The second-order valence-electron chi connectivity index (χ2n) is 7.20. The molecule has 3 aromatic rings. The molecule has 0 bridgehead atoms. The zero-order valence-electron chi connectivity index (χ0n) is 18.2. The van der Waals surface area contributed by atoms with Gasteiger partial charge in [-0.3, -0.25) is 9.36 Å². The molecule has 2 aromatic carbocycles. The fourth-order valence-corrected chi connectivity index (χ4v) is 3.97. The number of ether oxygens (including phenoxy) is 1. The number of para-hydroxylation sites is 1. The largest absolute Gasteiger partial charge is 0.486 e. The number of anilines is 1. The van der Waals surface area contributed by atoms with Gasteiger partial charge in [-0.15, -0.1) is 16.8 Å². The minimum absolute atomic E-state index is 0.0697. The van der Waals surface area contributed by atoms with E-state index in [-0.39, 0.29) is 11.7 Å². The van der Waals surface area contributed by atoms with Crippen LogP contribution in [0.15, 0.2) is 60.3 Å². The Hall–Kier alpha value is -3.06. The van der Waals surface area contributed by atoms with E-state index in [1.807, 2.05) is 60.9 Å². The molecule has 7 heteroatoms. The number of thioether (sulfide) groups is 1. The SMILES string of the molecule is C=CCn1c(COc2cccc(C)c2)nnc1SCC(=O)Nc1c(C)cccc1CC. The smallest absolute Gasteiger partial charge is 0.234 e. The minimum atomic E-state index is -0.0697. The zero-order chi connectivity index (χ0) is 22.2. The number of hydrogen-bond donors (Lipinski definition) is 1. The average Bonchev–Trinajstić information content (AvgIpc) is 3.14. The molecule has 0 spiro atoms. The first-order chi connectivity index (χ1) is 15.0. The van der Waals surface area contributed by atoms with Gasteiger partial charge in [0, 0.05) is 12.2 Å². The molecule has 162 valence electrons. The molecule has 31 heavy (non-hydrogen) atoms. The van der Waals surface area contributed by atoms with Crippen LogP contribution in [0, 0.1) is 13.8 Å². The molecule has 0 fully saturated rings. The predicted octanol–water partition coefficient (Wildman–Crippen LogP) is 4.95. The van der Waals surface area contributed by atoms with Crippen molar-refractivity contribution >= 4 is 23.4 Å². The summed E-state index contributed by atoms with van der Waals surface area (Å²) >= 11 is 1.35. The number of amides is 1. The highest BCUT2D eigenvalue weighted by Crippen LogP contribution is 2.23. The van der Waals surface area contributed by atoms with Crippen molar-refractivity contribution < 1.29 is 9.53 Å². The molecule has 0 radical (unpaired) electrons. The van der Waals surface area contributed by atoms with Crippen LogP contribution in [0.25, 0.3) is 0 Å². The van der Waals surface area contributed by atoms with Crippen molar-refractivity contribution in [3.8, 4) is 5.75 Å². The van der Waals surface area contributed by atoms with Crippen LogP contribution >= 0.6 is 11.8 Å². The second kappa shape index (κ2) is 10.8. The monoisotopic (exact) mass is 436 g/mol. The van der Waals surface area contributed by atoms with Crippen molar-refractivity contribution in [3.63, 3.8) is 0 Å². The summed E-state index contributed by atoms with van der Waals surface area (Å²) in [6, 6.07) is 13.9. The molecule has 3 rings (SSSR count). The standard InChI is InChI=1S/C24H28N4O2S/c1-5-13-28-21(15-30-20-12-7-9-17(3)14-20)26-27-24(28)31-16-22(29)25-23-18(4)10-8-11-19(23)6-2/h5,7-12,14H,1,6,13,15-16H2,2-4H3,(H,25,29). The Morgan fingerprint density at radius 1 is 1.23 bits per heavy atom. The topological polar surface area (TPSA) is 69.0 Å². The summed E-state index contributed by atoms with van der Waals surface area (Å²) in [6.07, 6.45) is 2.65. The van der Waals surface area contributed by atoms with Gasteiger partial charge in [-0.1, -0.05) is 55.1 Å². The van der Waals surface area contributed by atoms with Gasteiger partial charge >= 0.3 is 0 Å². The van der Waals surface area contributed by atoms with E-state index >= 15 is 0 Å². The van der Waals surface area contributed by atoms with Crippen molar-refractivity contribution in [2.75, 3.05) is 11.1 Å². The maximum atomic E-state index is 12.6. The van der Waals surface area contributed by atoms with Gasteiger partial charge in [-0.2, -0.15) is 0 Å². The first kappa shape index (κ1) is 22.6. The zero-order valence-corrected chi connectivity index (χ0v) is 19.0. The Kier molecular flexibility index (Phi) is 7.89. The Balaban J connectivity index is 1.65. The lowest BCUT2D eigenvalue weighted by Crippen LogP contribution is -2.17. The summed E-state index contributed by atoms with van der Waals surface area (Å²) in [5.41, 5.74) is 4.22. The van der Waals surface area contributed by atoms with E-state index in [1.165, 1.54) is 11.8 Å². The van der Waals surface area contributed by atoms with Gasteiger partial charge < -0.3 is 10.1 Å². The van der Waals surface area contributed by atoms with Crippen LogP contribution in [-0.2, 0) is 24.4 Å². The highest BCUT2D eigenvalue weighted by Gasteiger charge is 2.15. The van der Waals surface area contributed by atoms with Crippen LogP contribution in [0.4, 0.5) is 5.69 Å². The van der Waals surface area contributed by atoms with Crippen LogP contribution in [0.3, 0.4) is 0 Å². The van der Waals surface area contributed by atoms with Crippen molar-refractivity contribution in [1.82, 2.24) is 14.8 Å². The van der Waals surface area contributed by atoms with Crippen LogP contribution in [-0.4, -0.2) is 26.4 Å². The van der Waals surface area contributed by atoms with Crippen LogP contribution in [0.5, 0.6) is 5.75 Å². The highest BCUT2D eigenvalue weighted by atomic mass is 32.2. The van der Waals surface area contributed by atoms with Crippen molar-refractivity contribution in [3.05, 3.63) is 77.6 Å². The fourth-order valence-electron chi connectivity index (χ4n) is 3.21. The summed E-state index contributed by atoms with van der Waals surface area (Å²) in [4.78, 5) is 12.6. The van der Waals surface area contributed by atoms with E-state index in [2.05, 4.69) is 29.0 Å². The number of rotatable bonds is 10. The third-order valence-corrected chi connectivity index (χ3v) is 5.77. The summed E-state index contributed by atoms with van der Waals surface area (Å²) in [6.45, 7) is 10.8. The summed E-state index contributed by atoms with van der Waals surface area (Å²) in [5.74, 6) is 1.65. The second-order valence-corrected chi connectivity index (χ2v) is 8.15. The van der Waals surface area contributed by atoms with Gasteiger partial charge in [0.1, 0.15) is 12.4 Å². The number of hydrogen-bond acceptors (Lipinski definition) is 5. The first-order valence-corrected chi connectivity index (χ1v) is 11.2. The molecule has 1 amide bonds. The van der Waals surface area contributed by atoms with Crippen molar-refractivity contribution in [2.45, 2.75) is 45.5 Å². The maximum Gasteiger partial charge on any atom is 0.234 e. The molecule has 1 aromatic heterocycles. The summed E-state index contributed by atoms with van der Waals surface area (Å²) in [5, 5.41) is 12.2. The summed E-state index contributed by atoms with van der Waals surface area (Å²) < 4.78 is 7.79. The Morgan fingerprint density at radius 2 is 2.03 bits per heavy atom. The molecule has 1 heterocycles. The maximum absolute atomic E-state index is 12.6. The van der Waals surface area contributed by atoms with E-state index < -0.39 is 0 Å². The fraction of sp³-hybridized carbons (Fsp3) is 0.292. The third-order valence-electron chi connectivity index (χ3n) is 4.80. The number of allylic oxidation sites excluding steroid dienone is 1. The molecule has 0 aliphatic heterocycles. The van der Waals surface area contributed by atoms with Gasteiger partial charge in [0.2, 0.25) is 5.91 Å². The number of aromatic nitrogens is 3. The lowest BCUT2D eigenvalue weighted by atomic mass is 10.1. The quantitative estimate of drug-likeness (QED) is 0.360. The van der Waals surface area contributed by atoms with E-state index in [0.29, 0.717) is 24.1 Å². The van der Waals surface area contributed by atoms with Gasteiger partial charge in [0.25, 0.3) is 0 Å². The molecule has 0 atom stereocenters. The van der Waals surface area contributed by atoms with Crippen molar-refractivity contribution in [1.29, 1.82) is 0 Å². The molecule has 6 nitrogen and oxygen atoms in total. The number of nitrogens with zero attached hydrogens (tertiary/aromatic N) is 3. The normalized spacial score (nSPS) is 10.7. The third kappa shape index (κ3) is 5.98. The molecule has 0 unspecified atom stereocenters. The van der Waals surface area contributed by atoms with E-state index in [9.17, 15) is 4.79 Å². The van der Waals surface area contributed by atoms with Gasteiger partial charge in [0.05, 0.1) is 5.75 Å². The number of carbonyl (C=O) groups excluding carboxylic acids is 1. The van der Waals surface area contributed by atoms with Crippen molar-refractivity contribution in [2.24, 2.45) is 0 Å². The van der Waals surface area contributed by atoms with Gasteiger partial charge in [-0.05, 0) is 49.1 Å². The number of benzene rings is 2. The van der Waals surface area contributed by atoms with Crippen LogP contribution in [0.2, 0.25) is 0 Å². The van der Waals surface area contributed by atoms with E-state index in [1.54, 1.807) is 6.08 Å². The molecule has 0 saturated carbocycles. The number of nitrogens with one attached hydrogen (secondary N) is 1. The number of carbonyl (C=O) groups is 1. The van der Waals surface area contributed by atoms with Crippen LogP contribution in [0.1, 0.15) is 29.4 Å². The highest BCUT2D eigenvalue weighted by molar-refractivity contribution is 7.99. The van der Waals surface area contributed by atoms with Gasteiger partial charge in [-0.25, -0.2) is 0 Å². The molecular weight excluding hydrogens is 408 g/mol. The summed E-state index contributed by atoms with van der Waals surface area (Å²) in [7, 11) is 0. The lowest BCUT2D eigenvalue weighted by Gasteiger charge is -2.13. The molecular formula is C24H28N4O2S. The lowest BCUT2D eigenvalue weighted by molar-refractivity contribution is -0.113. The van der Waals surface area contributed by atoms with E-state index in [0.717, 1.165) is 34.5 Å². The van der Waals surface area contributed by atoms with Gasteiger partial charge in [0.15, 0.2) is 11.0 Å². The minimum Gasteiger partial charge on any atom is -0.486 e.